The number of rotatable bonds is 4. The van der Waals surface area contributed by atoms with Gasteiger partial charge in [0.1, 0.15) is 11.6 Å². The number of hydrogen-bond donors (Lipinski definition) is 1. The fourth-order valence-corrected chi connectivity index (χ4v) is 2.00. The second-order valence-corrected chi connectivity index (χ2v) is 4.19. The van der Waals surface area contributed by atoms with E-state index < -0.39 is 5.82 Å². The summed E-state index contributed by atoms with van der Waals surface area (Å²) in [7, 11) is 1.41. The van der Waals surface area contributed by atoms with Crippen LogP contribution in [0.3, 0.4) is 0 Å². The standard InChI is InChI=1S/C11H13BrFNO2/c1-6-10(13)8(12)5-7(11(6)16-2)9(15)3-4-14/h5H,3-4,14H2,1-2H3. The Balaban J connectivity index is 3.33. The Kier molecular flexibility index (Phi) is 4.44. The number of carbonyl (C=O) groups is 1. The molecule has 0 aliphatic rings. The number of hydrogen-bond acceptors (Lipinski definition) is 3. The summed E-state index contributed by atoms with van der Waals surface area (Å²) in [4.78, 5) is 11.7. The zero-order chi connectivity index (χ0) is 12.3. The molecule has 1 aromatic rings. The van der Waals surface area contributed by atoms with Crippen LogP contribution in [0.5, 0.6) is 5.75 Å². The summed E-state index contributed by atoms with van der Waals surface area (Å²) in [6, 6.07) is 1.43. The van der Waals surface area contributed by atoms with Crippen LogP contribution in [0, 0.1) is 12.7 Å². The van der Waals surface area contributed by atoms with Gasteiger partial charge in [-0.1, -0.05) is 0 Å². The molecule has 0 aliphatic heterocycles. The Bertz CT molecular complexity index is 421. The van der Waals surface area contributed by atoms with E-state index in [4.69, 9.17) is 10.5 Å². The van der Waals surface area contributed by atoms with Crippen LogP contribution in [-0.4, -0.2) is 19.4 Å². The van der Waals surface area contributed by atoms with Crippen LogP contribution in [-0.2, 0) is 0 Å². The molecule has 0 unspecified atom stereocenters. The van der Waals surface area contributed by atoms with Crippen LogP contribution in [0.25, 0.3) is 0 Å². The summed E-state index contributed by atoms with van der Waals surface area (Å²) in [5, 5.41) is 0. The van der Waals surface area contributed by atoms with E-state index in [1.165, 1.54) is 13.2 Å². The fourth-order valence-electron chi connectivity index (χ4n) is 1.47. The number of ketones is 1. The van der Waals surface area contributed by atoms with Crippen molar-refractivity contribution >= 4 is 21.7 Å². The molecule has 1 rings (SSSR count). The molecule has 88 valence electrons. The normalized spacial score (nSPS) is 10.3. The Morgan fingerprint density at radius 2 is 2.25 bits per heavy atom. The molecule has 16 heavy (non-hydrogen) atoms. The monoisotopic (exact) mass is 289 g/mol. The van der Waals surface area contributed by atoms with Gasteiger partial charge in [-0.25, -0.2) is 4.39 Å². The van der Waals surface area contributed by atoms with E-state index in [1.54, 1.807) is 6.92 Å². The highest BCUT2D eigenvalue weighted by Crippen LogP contribution is 2.31. The van der Waals surface area contributed by atoms with Gasteiger partial charge in [0.15, 0.2) is 5.78 Å². The van der Waals surface area contributed by atoms with Gasteiger partial charge in [-0.05, 0) is 35.5 Å². The quantitative estimate of drug-likeness (QED) is 0.866. The molecule has 0 radical (unpaired) electrons. The second-order valence-electron chi connectivity index (χ2n) is 3.34. The first-order valence-electron chi connectivity index (χ1n) is 4.78. The van der Waals surface area contributed by atoms with Gasteiger partial charge in [-0.15, -0.1) is 0 Å². The van der Waals surface area contributed by atoms with Crippen molar-refractivity contribution in [1.29, 1.82) is 0 Å². The van der Waals surface area contributed by atoms with Gasteiger partial charge in [-0.3, -0.25) is 4.79 Å². The van der Waals surface area contributed by atoms with Crippen molar-refractivity contribution < 1.29 is 13.9 Å². The maximum absolute atomic E-state index is 13.5. The highest BCUT2D eigenvalue weighted by Gasteiger charge is 2.18. The Morgan fingerprint density at radius 3 is 2.75 bits per heavy atom. The first-order chi connectivity index (χ1) is 7.52. The highest BCUT2D eigenvalue weighted by atomic mass is 79.9. The molecule has 0 heterocycles. The lowest BCUT2D eigenvalue weighted by molar-refractivity contribution is 0.0982. The lowest BCUT2D eigenvalue weighted by atomic mass is 10.0. The molecule has 0 fully saturated rings. The van der Waals surface area contributed by atoms with Crippen molar-refractivity contribution in [3.05, 3.63) is 27.5 Å². The third kappa shape index (κ3) is 2.41. The predicted molar refractivity (Wildman–Crippen MR) is 63.4 cm³/mol. The van der Waals surface area contributed by atoms with Crippen molar-refractivity contribution in [1.82, 2.24) is 0 Å². The molecule has 3 nitrogen and oxygen atoms in total. The van der Waals surface area contributed by atoms with E-state index in [-0.39, 0.29) is 29.0 Å². The lowest BCUT2D eigenvalue weighted by Crippen LogP contribution is -2.10. The first-order valence-corrected chi connectivity index (χ1v) is 5.58. The summed E-state index contributed by atoms with van der Waals surface area (Å²) in [5.41, 5.74) is 5.99. The van der Waals surface area contributed by atoms with Crippen LogP contribution >= 0.6 is 15.9 Å². The van der Waals surface area contributed by atoms with E-state index in [1.807, 2.05) is 0 Å². The number of nitrogens with two attached hydrogens (primary N) is 1. The Labute approximate surface area is 102 Å². The number of benzene rings is 1. The summed E-state index contributed by atoms with van der Waals surface area (Å²) in [6.07, 6.45) is 0.216. The maximum atomic E-state index is 13.5. The largest absolute Gasteiger partial charge is 0.496 e. The molecule has 0 aliphatic carbocycles. The summed E-state index contributed by atoms with van der Waals surface area (Å²) >= 11 is 3.07. The third-order valence-corrected chi connectivity index (χ3v) is 2.85. The summed E-state index contributed by atoms with van der Waals surface area (Å²) in [6.45, 7) is 1.83. The molecule has 0 spiro atoms. The van der Waals surface area contributed by atoms with E-state index >= 15 is 0 Å². The van der Waals surface area contributed by atoms with Gasteiger partial charge in [0.05, 0.1) is 17.1 Å². The molecule has 0 bridgehead atoms. The smallest absolute Gasteiger partial charge is 0.167 e. The Hall–Kier alpha value is -0.940. The zero-order valence-corrected chi connectivity index (χ0v) is 10.7. The van der Waals surface area contributed by atoms with E-state index in [0.29, 0.717) is 11.1 Å². The SMILES string of the molecule is COc1c(C(=O)CCN)cc(Br)c(F)c1C. The van der Waals surface area contributed by atoms with E-state index in [9.17, 15) is 9.18 Å². The van der Waals surface area contributed by atoms with Crippen LogP contribution in [0.2, 0.25) is 0 Å². The molecule has 2 N–H and O–H groups in total. The first kappa shape index (κ1) is 13.1. The summed E-state index contributed by atoms with van der Waals surface area (Å²) < 4.78 is 18.9. The van der Waals surface area contributed by atoms with Crippen molar-refractivity contribution in [2.75, 3.05) is 13.7 Å². The number of carbonyl (C=O) groups excluding carboxylic acids is 1. The lowest BCUT2D eigenvalue weighted by Gasteiger charge is -2.12. The van der Waals surface area contributed by atoms with Gasteiger partial charge < -0.3 is 10.5 Å². The maximum Gasteiger partial charge on any atom is 0.167 e. The van der Waals surface area contributed by atoms with Crippen molar-refractivity contribution in [2.24, 2.45) is 5.73 Å². The predicted octanol–water partition coefficient (Wildman–Crippen LogP) is 2.44. The van der Waals surface area contributed by atoms with Gasteiger partial charge >= 0.3 is 0 Å². The summed E-state index contributed by atoms with van der Waals surface area (Å²) in [5.74, 6) is -0.288. The third-order valence-electron chi connectivity index (χ3n) is 2.27. The number of halogens is 2. The average Bonchev–Trinajstić information content (AvgIpc) is 2.26. The van der Waals surface area contributed by atoms with E-state index in [0.717, 1.165) is 0 Å². The van der Waals surface area contributed by atoms with Crippen LogP contribution < -0.4 is 10.5 Å². The molecular formula is C11H13BrFNO2. The molecule has 0 saturated heterocycles. The second kappa shape index (κ2) is 5.41. The van der Waals surface area contributed by atoms with Crippen LogP contribution in [0.15, 0.2) is 10.5 Å². The molecule has 1 aromatic carbocycles. The average molecular weight is 290 g/mol. The molecule has 0 atom stereocenters. The molecule has 0 saturated carbocycles. The van der Waals surface area contributed by atoms with Crippen molar-refractivity contribution in [3.63, 3.8) is 0 Å². The minimum atomic E-state index is -0.416. The van der Waals surface area contributed by atoms with Crippen LogP contribution in [0.1, 0.15) is 22.3 Å². The topological polar surface area (TPSA) is 52.3 Å². The highest BCUT2D eigenvalue weighted by molar-refractivity contribution is 9.10. The van der Waals surface area contributed by atoms with Crippen molar-refractivity contribution in [2.45, 2.75) is 13.3 Å². The Morgan fingerprint density at radius 1 is 1.62 bits per heavy atom. The van der Waals surface area contributed by atoms with E-state index in [2.05, 4.69) is 15.9 Å². The number of methoxy groups -OCH3 is 1. The van der Waals surface area contributed by atoms with Gasteiger partial charge in [0, 0.05) is 12.0 Å². The molecule has 0 amide bonds. The van der Waals surface area contributed by atoms with Gasteiger partial charge in [-0.2, -0.15) is 0 Å². The number of Topliss-reactive ketones (excluding diaryl/α,β-unsaturated/α-hetero) is 1. The van der Waals surface area contributed by atoms with Crippen molar-refractivity contribution in [3.8, 4) is 5.75 Å². The van der Waals surface area contributed by atoms with Gasteiger partial charge in [0.2, 0.25) is 0 Å². The molecular weight excluding hydrogens is 277 g/mol. The minimum Gasteiger partial charge on any atom is -0.496 e. The molecule has 0 aromatic heterocycles. The fraction of sp³-hybridized carbons (Fsp3) is 0.364. The minimum absolute atomic E-state index is 0.150. The zero-order valence-electron chi connectivity index (χ0n) is 9.14. The van der Waals surface area contributed by atoms with Gasteiger partial charge in [0.25, 0.3) is 0 Å². The molecule has 5 heteroatoms. The van der Waals surface area contributed by atoms with Crippen LogP contribution in [0.4, 0.5) is 4.39 Å². The number of ether oxygens (including phenoxy) is 1.